The highest BCUT2D eigenvalue weighted by atomic mass is 32.1. The van der Waals surface area contributed by atoms with Crippen molar-refractivity contribution in [1.82, 2.24) is 9.97 Å². The van der Waals surface area contributed by atoms with Crippen LogP contribution in [0.15, 0.2) is 67.0 Å². The van der Waals surface area contributed by atoms with Crippen molar-refractivity contribution >= 4 is 26.7 Å². The Balaban J connectivity index is 1.72. The zero-order valence-corrected chi connectivity index (χ0v) is 19.0. The summed E-state index contributed by atoms with van der Waals surface area (Å²) in [5.41, 5.74) is 1.63. The van der Waals surface area contributed by atoms with Gasteiger partial charge in [-0.15, -0.1) is 0 Å². The molecule has 0 fully saturated rings. The van der Waals surface area contributed by atoms with Crippen LogP contribution in [0.3, 0.4) is 0 Å². The quantitative estimate of drug-likeness (QED) is 0.367. The van der Waals surface area contributed by atoms with E-state index in [2.05, 4.69) is 11.1 Å². The summed E-state index contributed by atoms with van der Waals surface area (Å²) in [6.45, 7) is 3.82. The minimum Gasteiger partial charge on any atom is -0.559 e. The second kappa shape index (κ2) is 8.12. The summed E-state index contributed by atoms with van der Waals surface area (Å²) in [7, 11) is 0. The van der Waals surface area contributed by atoms with Crippen LogP contribution in [-0.2, 0) is 11.1 Å². The SMILES string of the molecule is CC1(C)[C@H](O)[C@@H](N(Cc2cccnc2)c2nc3ccccc3s2)c2cc(C#N)ccc2[O+]1[O-]. The number of rotatable bonds is 4. The summed E-state index contributed by atoms with van der Waals surface area (Å²) >= 11 is 1.53. The number of hydrogen-bond donors (Lipinski definition) is 1. The highest BCUT2D eigenvalue weighted by Gasteiger charge is 2.52. The predicted molar refractivity (Wildman–Crippen MR) is 125 cm³/mol. The predicted octanol–water partition coefficient (Wildman–Crippen LogP) is 4.00. The Morgan fingerprint density at radius 2 is 2.03 bits per heavy atom. The van der Waals surface area contributed by atoms with Gasteiger partial charge in [0.2, 0.25) is 5.60 Å². The second-order valence-electron chi connectivity index (χ2n) is 8.58. The van der Waals surface area contributed by atoms with Gasteiger partial charge in [0.1, 0.15) is 6.04 Å². The summed E-state index contributed by atoms with van der Waals surface area (Å²) in [4.78, 5) is 11.1. The summed E-state index contributed by atoms with van der Waals surface area (Å²) in [5.74, 6) is 0.367. The molecular weight excluding hydrogens is 436 g/mol. The number of fused-ring (bicyclic) bond motifs is 2. The van der Waals surface area contributed by atoms with E-state index in [1.54, 1.807) is 44.4 Å². The van der Waals surface area contributed by atoms with Gasteiger partial charge in [0, 0.05) is 38.9 Å². The molecule has 33 heavy (non-hydrogen) atoms. The number of aliphatic hydroxyl groups is 1. The average Bonchev–Trinajstić information content (AvgIpc) is 3.27. The van der Waals surface area contributed by atoms with E-state index in [0.717, 1.165) is 20.9 Å². The number of aromatic nitrogens is 2. The fraction of sp³-hybridized carbons (Fsp3) is 0.240. The zero-order chi connectivity index (χ0) is 23.2. The van der Waals surface area contributed by atoms with E-state index in [9.17, 15) is 15.6 Å². The first-order valence-electron chi connectivity index (χ1n) is 10.6. The van der Waals surface area contributed by atoms with Gasteiger partial charge in [-0.25, -0.2) is 4.98 Å². The molecule has 2 aromatic heterocycles. The smallest absolute Gasteiger partial charge is 0.271 e. The summed E-state index contributed by atoms with van der Waals surface area (Å²) in [5, 5.41) is 34.9. The van der Waals surface area contributed by atoms with E-state index in [-0.39, 0.29) is 0 Å². The maximum Gasteiger partial charge on any atom is 0.271 e. The van der Waals surface area contributed by atoms with Crippen molar-refractivity contribution in [3.8, 4) is 11.8 Å². The molecule has 0 bridgehead atoms. The van der Waals surface area contributed by atoms with Crippen molar-refractivity contribution in [2.24, 2.45) is 0 Å². The zero-order valence-electron chi connectivity index (χ0n) is 18.2. The molecule has 4 aromatic rings. The van der Waals surface area contributed by atoms with Crippen LogP contribution < -0.4 is 10.2 Å². The van der Waals surface area contributed by atoms with E-state index in [0.29, 0.717) is 23.4 Å². The third-order valence-corrected chi connectivity index (χ3v) is 7.16. The van der Waals surface area contributed by atoms with Crippen LogP contribution in [0.25, 0.3) is 10.2 Å². The van der Waals surface area contributed by atoms with E-state index < -0.39 is 17.7 Å². The number of anilines is 1. The van der Waals surface area contributed by atoms with Gasteiger partial charge in [0.15, 0.2) is 11.2 Å². The molecule has 7 nitrogen and oxygen atoms in total. The average molecular weight is 459 g/mol. The van der Waals surface area contributed by atoms with Crippen LogP contribution in [0.1, 0.15) is 36.6 Å². The summed E-state index contributed by atoms with van der Waals surface area (Å²) < 4.78 is 2.86. The van der Waals surface area contributed by atoms with Crippen molar-refractivity contribution in [3.63, 3.8) is 0 Å². The fourth-order valence-corrected chi connectivity index (χ4v) is 5.26. The molecule has 0 aliphatic carbocycles. The first-order chi connectivity index (χ1) is 15.9. The molecule has 2 atom stereocenters. The Morgan fingerprint density at radius 3 is 2.76 bits per heavy atom. The minimum atomic E-state index is -1.17. The molecule has 0 spiro atoms. The number of nitriles is 1. The van der Waals surface area contributed by atoms with Crippen LogP contribution in [0.2, 0.25) is 0 Å². The fourth-order valence-electron chi connectivity index (χ4n) is 4.26. The summed E-state index contributed by atoms with van der Waals surface area (Å²) in [6.07, 6.45) is 2.41. The van der Waals surface area contributed by atoms with Gasteiger partial charge in [-0.1, -0.05) is 29.5 Å². The van der Waals surface area contributed by atoms with Gasteiger partial charge >= 0.3 is 0 Å². The number of hydrogen-bond acceptors (Lipinski definition) is 7. The Labute approximate surface area is 195 Å². The topological polar surface area (TPSA) is 98.8 Å². The molecule has 5 rings (SSSR count). The van der Waals surface area contributed by atoms with Crippen molar-refractivity contribution in [3.05, 3.63) is 83.7 Å². The van der Waals surface area contributed by atoms with Crippen molar-refractivity contribution in [2.45, 2.75) is 38.1 Å². The highest BCUT2D eigenvalue weighted by Crippen LogP contribution is 2.50. The lowest BCUT2D eigenvalue weighted by atomic mass is 9.84. The lowest BCUT2D eigenvalue weighted by Crippen LogP contribution is -2.58. The van der Waals surface area contributed by atoms with E-state index in [4.69, 9.17) is 4.98 Å². The van der Waals surface area contributed by atoms with Crippen LogP contribution in [0, 0.1) is 11.3 Å². The standard InChI is InChI=1S/C25H22N4O3S/c1-25(2)23(30)22(18-12-16(13-26)9-10-20(18)32(25)31)29(15-17-6-5-11-27-14-17)24-28-19-7-3-4-8-21(19)33-24/h3-12,14,22-23,30H,15H2,1-2H3/t22-,23+/m0/s1. The second-order valence-corrected chi connectivity index (χ2v) is 9.59. The number of pyridine rings is 1. The summed E-state index contributed by atoms with van der Waals surface area (Å²) in [6, 6.07) is 18.2. The number of thiazole rings is 1. The molecule has 166 valence electrons. The Hall–Kier alpha value is -3.51. The van der Waals surface area contributed by atoms with Gasteiger partial charge in [0.25, 0.3) is 5.75 Å². The largest absolute Gasteiger partial charge is 0.559 e. The number of nitrogens with zero attached hydrogens (tertiary/aromatic N) is 4. The van der Waals surface area contributed by atoms with Crippen molar-refractivity contribution < 1.29 is 14.9 Å². The maximum atomic E-state index is 13.1. The lowest BCUT2D eigenvalue weighted by molar-refractivity contribution is -0.798. The first-order valence-corrected chi connectivity index (χ1v) is 11.4. The number of aliphatic hydroxyl groups excluding tert-OH is 1. The van der Waals surface area contributed by atoms with Gasteiger partial charge in [-0.3, -0.25) is 4.98 Å². The molecule has 1 aliphatic rings. The van der Waals surface area contributed by atoms with Crippen LogP contribution in [0.5, 0.6) is 5.75 Å². The van der Waals surface area contributed by atoms with Gasteiger partial charge in [-0.2, -0.15) is 5.26 Å². The third kappa shape index (κ3) is 3.60. The van der Waals surface area contributed by atoms with Crippen LogP contribution in [0.4, 0.5) is 5.13 Å². The monoisotopic (exact) mass is 458 g/mol. The van der Waals surface area contributed by atoms with Crippen LogP contribution in [-0.4, -0.2) is 26.8 Å². The molecule has 0 amide bonds. The molecule has 2 aromatic carbocycles. The molecule has 3 heterocycles. The Kier molecular flexibility index (Phi) is 5.25. The van der Waals surface area contributed by atoms with Crippen molar-refractivity contribution in [2.75, 3.05) is 4.90 Å². The van der Waals surface area contributed by atoms with Gasteiger partial charge in [-0.05, 0) is 35.9 Å². The minimum absolute atomic E-state index is 0.367. The van der Waals surface area contributed by atoms with Gasteiger partial charge in [0.05, 0.1) is 27.4 Å². The lowest BCUT2D eigenvalue weighted by Gasteiger charge is -2.51. The molecule has 0 radical (unpaired) electrons. The highest BCUT2D eigenvalue weighted by molar-refractivity contribution is 7.22. The van der Waals surface area contributed by atoms with E-state index in [1.807, 2.05) is 45.8 Å². The molecule has 8 heteroatoms. The third-order valence-electron chi connectivity index (χ3n) is 6.09. The molecule has 0 saturated carbocycles. The van der Waals surface area contributed by atoms with E-state index in [1.165, 1.54) is 11.3 Å². The number of benzene rings is 2. The molecule has 0 unspecified atom stereocenters. The normalized spacial score (nSPS) is 19.2. The molecule has 1 N–H and O–H groups in total. The number of para-hydroxylation sites is 1. The van der Waals surface area contributed by atoms with Crippen LogP contribution >= 0.6 is 11.3 Å². The van der Waals surface area contributed by atoms with Gasteiger partial charge < -0.3 is 19.8 Å². The molecule has 0 saturated heterocycles. The maximum absolute atomic E-state index is 13.1. The molecule has 1 aliphatic heterocycles. The Morgan fingerprint density at radius 1 is 1.21 bits per heavy atom. The Bertz CT molecular complexity index is 1320. The molecular formula is C25H22N4O3S. The van der Waals surface area contributed by atoms with E-state index >= 15 is 0 Å². The van der Waals surface area contributed by atoms with Crippen molar-refractivity contribution in [1.29, 1.82) is 5.26 Å². The first kappa shape index (κ1) is 21.3.